The molecule has 1 saturated heterocycles. The van der Waals surface area contributed by atoms with Gasteiger partial charge in [-0.05, 0) is 25.8 Å². The fraction of sp³-hybridized carbons (Fsp3) is 0.368. The van der Waals surface area contributed by atoms with Crippen LogP contribution in [0.15, 0.2) is 64.9 Å². The first kappa shape index (κ1) is 17.9. The van der Waals surface area contributed by atoms with Gasteiger partial charge in [0.1, 0.15) is 12.8 Å². The summed E-state index contributed by atoms with van der Waals surface area (Å²) in [5.74, 6) is 0.743. The molecule has 1 aromatic rings. The molecule has 1 fully saturated rings. The Morgan fingerprint density at radius 1 is 1.29 bits per heavy atom. The van der Waals surface area contributed by atoms with E-state index < -0.39 is 0 Å². The Labute approximate surface area is 144 Å². The molecule has 1 heterocycles. The van der Waals surface area contributed by atoms with E-state index in [4.69, 9.17) is 15.6 Å². The first-order valence-electron chi connectivity index (χ1n) is 8.21. The van der Waals surface area contributed by atoms with Gasteiger partial charge < -0.3 is 15.5 Å². The highest BCUT2D eigenvalue weighted by Crippen LogP contribution is 2.15. The van der Waals surface area contributed by atoms with Crippen molar-refractivity contribution in [3.05, 3.63) is 60.3 Å². The molecule has 2 N–H and O–H groups in total. The zero-order chi connectivity index (χ0) is 17.4. The highest BCUT2D eigenvalue weighted by molar-refractivity contribution is 6.47. The summed E-state index contributed by atoms with van der Waals surface area (Å²) in [6.45, 7) is 7.37. The van der Waals surface area contributed by atoms with E-state index in [-0.39, 0.29) is 6.04 Å². The molecule has 2 rings (SSSR count). The number of piperidine rings is 1. The average Bonchev–Trinajstić information content (AvgIpc) is 2.60. The van der Waals surface area contributed by atoms with Crippen molar-refractivity contribution in [2.75, 3.05) is 20.2 Å². The van der Waals surface area contributed by atoms with Gasteiger partial charge in [0.15, 0.2) is 5.84 Å². The minimum Gasteiger partial charge on any atom is -0.397 e. The predicted molar refractivity (Wildman–Crippen MR) is 100 cm³/mol. The van der Waals surface area contributed by atoms with Crippen LogP contribution in [0.25, 0.3) is 0 Å². The number of hydrogen-bond acceptors (Lipinski definition) is 4. The third-order valence-corrected chi connectivity index (χ3v) is 3.92. The van der Waals surface area contributed by atoms with Crippen molar-refractivity contribution in [3.8, 4) is 0 Å². The lowest BCUT2D eigenvalue weighted by Crippen LogP contribution is -2.46. The summed E-state index contributed by atoms with van der Waals surface area (Å²) in [6, 6.07) is 10.3. The van der Waals surface area contributed by atoms with Crippen LogP contribution in [0.1, 0.15) is 25.3 Å². The van der Waals surface area contributed by atoms with Gasteiger partial charge in [0.2, 0.25) is 0 Å². The van der Waals surface area contributed by atoms with Crippen LogP contribution in [0.3, 0.4) is 0 Å². The molecule has 0 bridgehead atoms. The Morgan fingerprint density at radius 3 is 2.54 bits per heavy atom. The highest BCUT2D eigenvalue weighted by atomic mass is 16.6. The number of hydrogen-bond donors (Lipinski definition) is 1. The average molecular weight is 326 g/mol. The van der Waals surface area contributed by atoms with Crippen molar-refractivity contribution in [1.82, 2.24) is 4.90 Å². The lowest BCUT2D eigenvalue weighted by atomic mass is 10.0. The number of aliphatic imine (C=N–C) groups is 1. The molecule has 0 spiro atoms. The first-order valence-corrected chi connectivity index (χ1v) is 8.21. The number of rotatable bonds is 5. The van der Waals surface area contributed by atoms with Crippen LogP contribution in [-0.2, 0) is 4.84 Å². The molecule has 0 atom stereocenters. The minimum atomic E-state index is 0.254. The van der Waals surface area contributed by atoms with Crippen molar-refractivity contribution >= 4 is 11.5 Å². The van der Waals surface area contributed by atoms with Crippen LogP contribution in [0.4, 0.5) is 0 Å². The standard InChI is InChI=1S/C19H26N4O/c1-4-8-15(2)21-18(16-9-6-5-7-10-16)19(22-24-3)23-13-11-17(20)12-14-23/h4-10,17H,1,11-14,20H2,2-3H3/b15-8+,21-18+,22-19+. The topological polar surface area (TPSA) is 63.2 Å². The van der Waals surface area contributed by atoms with Crippen LogP contribution in [-0.4, -0.2) is 42.7 Å². The molecule has 0 radical (unpaired) electrons. The summed E-state index contributed by atoms with van der Waals surface area (Å²) in [5.41, 5.74) is 8.69. The Balaban J connectivity index is 2.44. The van der Waals surface area contributed by atoms with E-state index in [1.165, 1.54) is 0 Å². The summed E-state index contributed by atoms with van der Waals surface area (Å²) >= 11 is 0. The second kappa shape index (κ2) is 9.03. The number of allylic oxidation sites excluding steroid dienone is 3. The van der Waals surface area contributed by atoms with Gasteiger partial charge in [-0.2, -0.15) is 0 Å². The highest BCUT2D eigenvalue weighted by Gasteiger charge is 2.24. The monoisotopic (exact) mass is 326 g/mol. The smallest absolute Gasteiger partial charge is 0.194 e. The first-order chi connectivity index (χ1) is 11.7. The Kier molecular flexibility index (Phi) is 6.75. The predicted octanol–water partition coefficient (Wildman–Crippen LogP) is 2.95. The molecule has 0 amide bonds. The van der Waals surface area contributed by atoms with E-state index in [1.54, 1.807) is 13.2 Å². The maximum absolute atomic E-state index is 6.03. The Morgan fingerprint density at radius 2 is 1.96 bits per heavy atom. The van der Waals surface area contributed by atoms with Gasteiger partial charge in [-0.15, -0.1) is 0 Å². The van der Waals surface area contributed by atoms with Crippen molar-refractivity contribution in [2.24, 2.45) is 15.9 Å². The molecular formula is C19H26N4O. The number of nitrogens with zero attached hydrogens (tertiary/aromatic N) is 3. The molecule has 1 aromatic carbocycles. The molecule has 0 unspecified atom stereocenters. The van der Waals surface area contributed by atoms with Crippen LogP contribution in [0.2, 0.25) is 0 Å². The van der Waals surface area contributed by atoms with E-state index in [9.17, 15) is 0 Å². The van der Waals surface area contributed by atoms with Crippen LogP contribution >= 0.6 is 0 Å². The van der Waals surface area contributed by atoms with Crippen LogP contribution < -0.4 is 5.73 Å². The zero-order valence-electron chi connectivity index (χ0n) is 14.5. The van der Waals surface area contributed by atoms with Gasteiger partial charge in [0.25, 0.3) is 0 Å². The van der Waals surface area contributed by atoms with Crippen LogP contribution in [0, 0.1) is 0 Å². The Hall–Kier alpha value is -2.40. The fourth-order valence-electron chi connectivity index (χ4n) is 2.67. The molecule has 0 aromatic heterocycles. The van der Waals surface area contributed by atoms with E-state index in [2.05, 4.69) is 16.6 Å². The molecule has 0 aliphatic carbocycles. The molecule has 5 nitrogen and oxygen atoms in total. The van der Waals surface area contributed by atoms with Gasteiger partial charge in [-0.3, -0.25) is 0 Å². The maximum Gasteiger partial charge on any atom is 0.194 e. The number of amidine groups is 1. The van der Waals surface area contributed by atoms with Crippen molar-refractivity contribution in [2.45, 2.75) is 25.8 Å². The number of likely N-dealkylation sites (tertiary alicyclic amines) is 1. The molecule has 0 saturated carbocycles. The number of oxime groups is 1. The third-order valence-electron chi connectivity index (χ3n) is 3.92. The van der Waals surface area contributed by atoms with Gasteiger partial charge in [0.05, 0.1) is 0 Å². The molecule has 24 heavy (non-hydrogen) atoms. The summed E-state index contributed by atoms with van der Waals surface area (Å²) in [6.07, 6.45) is 5.48. The van der Waals surface area contributed by atoms with Crippen molar-refractivity contribution in [3.63, 3.8) is 0 Å². The molecule has 128 valence electrons. The van der Waals surface area contributed by atoms with E-state index in [0.717, 1.165) is 48.7 Å². The quantitative estimate of drug-likeness (QED) is 0.392. The van der Waals surface area contributed by atoms with E-state index in [1.807, 2.05) is 43.3 Å². The summed E-state index contributed by atoms with van der Waals surface area (Å²) < 4.78 is 0. The normalized spacial score (nSPS) is 17.8. The lowest BCUT2D eigenvalue weighted by Gasteiger charge is -2.32. The minimum absolute atomic E-state index is 0.254. The van der Waals surface area contributed by atoms with E-state index >= 15 is 0 Å². The van der Waals surface area contributed by atoms with Gasteiger partial charge in [-0.1, -0.05) is 48.1 Å². The second-order valence-corrected chi connectivity index (χ2v) is 5.79. The Bertz CT molecular complexity index is 626. The van der Waals surface area contributed by atoms with E-state index in [0.29, 0.717) is 0 Å². The second-order valence-electron chi connectivity index (χ2n) is 5.79. The molecule has 1 aliphatic heterocycles. The summed E-state index contributed by atoms with van der Waals surface area (Å²) in [7, 11) is 1.56. The van der Waals surface area contributed by atoms with Gasteiger partial charge in [-0.25, -0.2) is 4.99 Å². The fourth-order valence-corrected chi connectivity index (χ4v) is 2.67. The van der Waals surface area contributed by atoms with Gasteiger partial charge >= 0.3 is 0 Å². The summed E-state index contributed by atoms with van der Waals surface area (Å²) in [5, 5.41) is 4.28. The maximum atomic E-state index is 6.03. The summed E-state index contributed by atoms with van der Waals surface area (Å²) in [4.78, 5) is 12.1. The van der Waals surface area contributed by atoms with Crippen molar-refractivity contribution in [1.29, 1.82) is 0 Å². The van der Waals surface area contributed by atoms with Gasteiger partial charge in [0, 0.05) is 30.4 Å². The third kappa shape index (κ3) is 4.80. The molecule has 1 aliphatic rings. The lowest BCUT2D eigenvalue weighted by molar-refractivity contribution is 0.203. The SMILES string of the molecule is C=C/C=C(C)/N=C(/C(=N\OC)N1CCC(N)CC1)c1ccccc1. The zero-order valence-corrected chi connectivity index (χ0v) is 14.5. The number of nitrogens with two attached hydrogens (primary N) is 1. The largest absolute Gasteiger partial charge is 0.397 e. The van der Waals surface area contributed by atoms with Crippen LogP contribution in [0.5, 0.6) is 0 Å². The van der Waals surface area contributed by atoms with Crippen molar-refractivity contribution < 1.29 is 4.84 Å². The molecule has 5 heteroatoms. The number of benzene rings is 1. The molecular weight excluding hydrogens is 300 g/mol.